The van der Waals surface area contributed by atoms with Crippen molar-refractivity contribution >= 4 is 5.78 Å². The maximum Gasteiger partial charge on any atom is 0.165 e. The Morgan fingerprint density at radius 3 is 2.63 bits per heavy atom. The zero-order valence-electron chi connectivity index (χ0n) is 11.2. The van der Waals surface area contributed by atoms with E-state index in [-0.39, 0.29) is 17.6 Å². The molecule has 0 aliphatic heterocycles. The fraction of sp³-hybridized carbons (Fsp3) is 0.438. The summed E-state index contributed by atoms with van der Waals surface area (Å²) in [5.41, 5.74) is 1.06. The molecule has 2 rings (SSSR count). The molecule has 1 aromatic carbocycles. The molecule has 1 aromatic rings. The van der Waals surface area contributed by atoms with Crippen molar-refractivity contribution in [3.8, 4) is 0 Å². The summed E-state index contributed by atoms with van der Waals surface area (Å²) in [7, 11) is 1.52. The van der Waals surface area contributed by atoms with Crippen LogP contribution in [0.5, 0.6) is 0 Å². The fourth-order valence-corrected chi connectivity index (χ4v) is 2.85. The molecule has 0 saturated heterocycles. The number of hydrogen-bond acceptors (Lipinski definition) is 3. The third kappa shape index (κ3) is 2.94. The first-order valence-electron chi connectivity index (χ1n) is 6.59. The van der Waals surface area contributed by atoms with E-state index in [4.69, 9.17) is 4.74 Å². The number of hydrogen-bond donors (Lipinski definition) is 1. The van der Waals surface area contributed by atoms with E-state index in [1.165, 1.54) is 7.11 Å². The van der Waals surface area contributed by atoms with Gasteiger partial charge in [0.05, 0.1) is 6.10 Å². The van der Waals surface area contributed by atoms with Crippen molar-refractivity contribution < 1.29 is 14.6 Å². The van der Waals surface area contributed by atoms with E-state index in [0.29, 0.717) is 12.8 Å². The molecule has 3 heteroatoms. The van der Waals surface area contributed by atoms with Crippen LogP contribution in [-0.4, -0.2) is 30.2 Å². The van der Waals surface area contributed by atoms with Crippen LogP contribution in [0.1, 0.15) is 24.3 Å². The molecule has 0 amide bonds. The van der Waals surface area contributed by atoms with Crippen molar-refractivity contribution in [2.45, 2.75) is 31.0 Å². The Balaban J connectivity index is 2.27. The summed E-state index contributed by atoms with van der Waals surface area (Å²) in [6.45, 7) is 3.85. The quantitative estimate of drug-likeness (QED) is 0.845. The number of ether oxygens (including phenoxy) is 1. The lowest BCUT2D eigenvalue weighted by atomic mass is 9.74. The van der Waals surface area contributed by atoms with Crippen molar-refractivity contribution in [3.05, 3.63) is 48.6 Å². The van der Waals surface area contributed by atoms with Crippen LogP contribution in [0, 0.1) is 5.92 Å². The van der Waals surface area contributed by atoms with E-state index in [9.17, 15) is 9.90 Å². The molecule has 1 fully saturated rings. The molecular formula is C16H20O3. The van der Waals surface area contributed by atoms with Gasteiger partial charge >= 0.3 is 0 Å². The van der Waals surface area contributed by atoms with Gasteiger partial charge < -0.3 is 9.84 Å². The van der Waals surface area contributed by atoms with Crippen LogP contribution in [0.2, 0.25) is 0 Å². The smallest absolute Gasteiger partial charge is 0.165 e. The van der Waals surface area contributed by atoms with Crippen LogP contribution in [0.3, 0.4) is 0 Å². The molecule has 1 N–H and O–H groups in total. The predicted molar refractivity (Wildman–Crippen MR) is 73.9 cm³/mol. The van der Waals surface area contributed by atoms with E-state index < -0.39 is 12.2 Å². The molecule has 102 valence electrons. The molecule has 0 heterocycles. The molecule has 0 radical (unpaired) electrons. The topological polar surface area (TPSA) is 46.5 Å². The summed E-state index contributed by atoms with van der Waals surface area (Å²) in [4.78, 5) is 12.4. The zero-order valence-corrected chi connectivity index (χ0v) is 11.2. The summed E-state index contributed by atoms with van der Waals surface area (Å²) >= 11 is 0. The molecule has 4 atom stereocenters. The number of carbonyl (C=O) groups is 1. The van der Waals surface area contributed by atoms with Gasteiger partial charge in [0.15, 0.2) is 5.78 Å². The van der Waals surface area contributed by atoms with Gasteiger partial charge in [-0.1, -0.05) is 36.4 Å². The van der Waals surface area contributed by atoms with Gasteiger partial charge in [-0.25, -0.2) is 0 Å². The van der Waals surface area contributed by atoms with E-state index in [2.05, 4.69) is 6.58 Å². The monoisotopic (exact) mass is 260 g/mol. The first-order valence-corrected chi connectivity index (χ1v) is 6.59. The lowest BCUT2D eigenvalue weighted by Gasteiger charge is -2.34. The van der Waals surface area contributed by atoms with Crippen molar-refractivity contribution in [2.75, 3.05) is 7.11 Å². The Labute approximate surface area is 113 Å². The third-order valence-electron chi connectivity index (χ3n) is 3.85. The van der Waals surface area contributed by atoms with E-state index in [1.807, 2.05) is 30.3 Å². The highest BCUT2D eigenvalue weighted by Crippen LogP contribution is 2.35. The Morgan fingerprint density at radius 2 is 2.05 bits per heavy atom. The Hall–Kier alpha value is -1.45. The van der Waals surface area contributed by atoms with Crippen molar-refractivity contribution in [3.63, 3.8) is 0 Å². The maximum atomic E-state index is 12.4. The molecule has 3 nitrogen and oxygen atoms in total. The van der Waals surface area contributed by atoms with Gasteiger partial charge in [-0.3, -0.25) is 4.79 Å². The number of carbonyl (C=O) groups excluding carboxylic acids is 1. The molecule has 1 aliphatic rings. The minimum atomic E-state index is -0.500. The molecular weight excluding hydrogens is 240 g/mol. The van der Waals surface area contributed by atoms with Gasteiger partial charge in [-0.2, -0.15) is 0 Å². The predicted octanol–water partition coefficient (Wildman–Crippen LogP) is 2.31. The first kappa shape index (κ1) is 14.0. The number of allylic oxidation sites excluding steroid dienone is 1. The lowest BCUT2D eigenvalue weighted by molar-refractivity contribution is -0.141. The summed E-state index contributed by atoms with van der Waals surface area (Å²) in [5.74, 6) is -0.253. The van der Waals surface area contributed by atoms with Crippen LogP contribution >= 0.6 is 0 Å². The Morgan fingerprint density at radius 1 is 1.37 bits per heavy atom. The van der Waals surface area contributed by atoms with Crippen LogP contribution in [-0.2, 0) is 9.53 Å². The number of ketones is 1. The average Bonchev–Trinajstić information content (AvgIpc) is 2.44. The highest BCUT2D eigenvalue weighted by Gasteiger charge is 2.39. The average molecular weight is 260 g/mol. The summed E-state index contributed by atoms with van der Waals surface area (Å²) in [6, 6.07) is 9.82. The normalized spacial score (nSPS) is 28.9. The van der Waals surface area contributed by atoms with Crippen molar-refractivity contribution in [1.82, 2.24) is 0 Å². The molecule has 19 heavy (non-hydrogen) atoms. The van der Waals surface area contributed by atoms with Gasteiger partial charge in [-0.05, 0) is 12.0 Å². The summed E-state index contributed by atoms with van der Waals surface area (Å²) < 4.78 is 5.19. The van der Waals surface area contributed by atoms with Crippen molar-refractivity contribution in [1.29, 1.82) is 0 Å². The summed E-state index contributed by atoms with van der Waals surface area (Å²) in [5, 5.41) is 9.92. The Bertz CT molecular complexity index is 441. The minimum absolute atomic E-state index is 0.0682. The number of aliphatic hydroxyl groups is 1. The van der Waals surface area contributed by atoms with Crippen LogP contribution < -0.4 is 0 Å². The second-order valence-electron chi connectivity index (χ2n) is 5.03. The van der Waals surface area contributed by atoms with Crippen LogP contribution in [0.4, 0.5) is 0 Å². The SMILES string of the molecule is C=CC(c1ccccc1)[C@@H]1C[C@@H](O)C[C@H](OC)C1=O. The van der Waals surface area contributed by atoms with E-state index in [1.54, 1.807) is 6.08 Å². The van der Waals surface area contributed by atoms with Crippen molar-refractivity contribution in [2.24, 2.45) is 5.92 Å². The standard InChI is InChI=1S/C16H20O3/c1-3-13(11-7-5-4-6-8-11)14-9-12(17)10-15(19-2)16(14)18/h3-8,12-15,17H,1,9-10H2,2H3/t12-,13?,14+,15+/m1/s1. The second kappa shape index (κ2) is 6.13. The highest BCUT2D eigenvalue weighted by atomic mass is 16.5. The number of benzene rings is 1. The summed E-state index contributed by atoms with van der Waals surface area (Å²) in [6.07, 6.45) is 1.68. The molecule has 1 saturated carbocycles. The van der Waals surface area contributed by atoms with Gasteiger partial charge in [0.25, 0.3) is 0 Å². The number of methoxy groups -OCH3 is 1. The van der Waals surface area contributed by atoms with Gasteiger partial charge in [0.2, 0.25) is 0 Å². The molecule has 1 unspecified atom stereocenters. The lowest BCUT2D eigenvalue weighted by Crippen LogP contribution is -2.42. The van der Waals surface area contributed by atoms with E-state index in [0.717, 1.165) is 5.56 Å². The van der Waals surface area contributed by atoms with Gasteiger partial charge in [0.1, 0.15) is 6.10 Å². The highest BCUT2D eigenvalue weighted by molar-refractivity contribution is 5.87. The largest absolute Gasteiger partial charge is 0.393 e. The number of Topliss-reactive ketones (excluding diaryl/α,β-unsaturated/α-hetero) is 1. The van der Waals surface area contributed by atoms with Crippen LogP contribution in [0.25, 0.3) is 0 Å². The molecule has 0 aromatic heterocycles. The van der Waals surface area contributed by atoms with E-state index >= 15 is 0 Å². The zero-order chi connectivity index (χ0) is 13.8. The molecule has 0 bridgehead atoms. The number of rotatable bonds is 4. The molecule has 1 aliphatic carbocycles. The van der Waals surface area contributed by atoms with Gasteiger partial charge in [0, 0.05) is 25.4 Å². The first-order chi connectivity index (χ1) is 9.17. The minimum Gasteiger partial charge on any atom is -0.393 e. The number of aliphatic hydroxyl groups excluding tert-OH is 1. The Kier molecular flexibility index (Phi) is 4.51. The maximum absolute atomic E-state index is 12.4. The fourth-order valence-electron chi connectivity index (χ4n) is 2.85. The molecule has 0 spiro atoms. The van der Waals surface area contributed by atoms with Crippen LogP contribution in [0.15, 0.2) is 43.0 Å². The second-order valence-corrected chi connectivity index (χ2v) is 5.03. The third-order valence-corrected chi connectivity index (χ3v) is 3.85. The van der Waals surface area contributed by atoms with Gasteiger partial charge in [-0.15, -0.1) is 6.58 Å².